The molecule has 9 heteroatoms. The minimum Gasteiger partial charge on any atom is -0.444 e. The number of carbonyl (C=O) groups is 3. The van der Waals surface area contributed by atoms with Crippen molar-refractivity contribution in [2.24, 2.45) is 0 Å². The van der Waals surface area contributed by atoms with E-state index in [4.69, 9.17) is 4.74 Å². The summed E-state index contributed by atoms with van der Waals surface area (Å²) in [7, 11) is 0. The van der Waals surface area contributed by atoms with E-state index in [9.17, 15) is 14.4 Å². The molecule has 1 saturated heterocycles. The maximum Gasteiger partial charge on any atom is 0.410 e. The van der Waals surface area contributed by atoms with E-state index in [1.165, 1.54) is 10.4 Å². The van der Waals surface area contributed by atoms with Gasteiger partial charge in [0.05, 0.1) is 0 Å². The van der Waals surface area contributed by atoms with Gasteiger partial charge in [-0.25, -0.2) is 4.79 Å². The first-order valence-corrected chi connectivity index (χ1v) is 11.9. The van der Waals surface area contributed by atoms with Gasteiger partial charge in [0.25, 0.3) is 0 Å². The van der Waals surface area contributed by atoms with Gasteiger partial charge in [0, 0.05) is 70.1 Å². The van der Waals surface area contributed by atoms with Crippen LogP contribution in [0.2, 0.25) is 0 Å². The Morgan fingerprint density at radius 3 is 2.52 bits per heavy atom. The Balaban J connectivity index is 1.27. The van der Waals surface area contributed by atoms with E-state index in [2.05, 4.69) is 21.7 Å². The second-order valence-corrected chi connectivity index (χ2v) is 10.1. The topological polar surface area (TPSA) is 82.2 Å². The van der Waals surface area contributed by atoms with Gasteiger partial charge in [0.1, 0.15) is 5.60 Å². The maximum atomic E-state index is 12.4. The number of fused-ring (bicyclic) bond motifs is 1. The lowest BCUT2D eigenvalue weighted by Crippen LogP contribution is -2.51. The average Bonchev–Trinajstić information content (AvgIpc) is 3.19. The van der Waals surface area contributed by atoms with Gasteiger partial charge in [-0.15, -0.1) is 11.3 Å². The molecule has 1 N–H and O–H groups in total. The van der Waals surface area contributed by atoms with E-state index in [0.29, 0.717) is 26.2 Å². The van der Waals surface area contributed by atoms with Crippen LogP contribution in [-0.2, 0) is 27.3 Å². The molecule has 3 amide bonds. The van der Waals surface area contributed by atoms with Crippen LogP contribution in [0.15, 0.2) is 11.4 Å². The molecular formula is C22H34N4O4S. The van der Waals surface area contributed by atoms with Gasteiger partial charge in [0.15, 0.2) is 0 Å². The van der Waals surface area contributed by atoms with E-state index >= 15 is 0 Å². The molecule has 1 aromatic heterocycles. The summed E-state index contributed by atoms with van der Waals surface area (Å²) in [5.74, 6) is -0.0424. The molecule has 31 heavy (non-hydrogen) atoms. The lowest BCUT2D eigenvalue weighted by molar-refractivity contribution is -0.134. The van der Waals surface area contributed by atoms with Gasteiger partial charge in [-0.05, 0) is 44.2 Å². The molecule has 1 aromatic rings. The fraction of sp³-hybridized carbons (Fsp3) is 0.682. The lowest BCUT2D eigenvalue weighted by Gasteiger charge is -2.35. The quantitative estimate of drug-likeness (QED) is 0.718. The number of thiophene rings is 1. The van der Waals surface area contributed by atoms with Crippen LogP contribution in [0.5, 0.6) is 0 Å². The highest BCUT2D eigenvalue weighted by Gasteiger charge is 2.26. The summed E-state index contributed by atoms with van der Waals surface area (Å²) >= 11 is 1.75. The van der Waals surface area contributed by atoms with Gasteiger partial charge in [-0.2, -0.15) is 0 Å². The summed E-state index contributed by atoms with van der Waals surface area (Å²) in [4.78, 5) is 43.8. The number of hydrogen-bond acceptors (Lipinski definition) is 6. The molecule has 2 aliphatic rings. The van der Waals surface area contributed by atoms with E-state index < -0.39 is 5.60 Å². The summed E-state index contributed by atoms with van der Waals surface area (Å²) in [6.45, 7) is 11.0. The molecule has 0 spiro atoms. The first-order chi connectivity index (χ1) is 14.7. The molecule has 0 radical (unpaired) electrons. The molecular weight excluding hydrogens is 416 g/mol. The summed E-state index contributed by atoms with van der Waals surface area (Å²) in [5.41, 5.74) is 0.751. The maximum absolute atomic E-state index is 12.4. The minimum absolute atomic E-state index is 0.0465. The van der Waals surface area contributed by atoms with Gasteiger partial charge in [0.2, 0.25) is 11.8 Å². The number of amides is 3. The SMILES string of the molecule is CC(C)(C)OC(=O)N1CCN(CCNC(=O)CCC(=O)N2CCc3sccc3C2)CC1. The number of carbonyl (C=O) groups excluding carboxylic acids is 3. The number of ether oxygens (including phenoxy) is 1. The standard InChI is InChI=1S/C22H34N4O4S/c1-22(2,3)30-21(29)25-13-11-24(12-14-25)10-8-23-19(27)4-5-20(28)26-9-6-18-17(16-26)7-15-31-18/h7,15H,4-6,8-14,16H2,1-3H3,(H,23,27). The van der Waals surface area contributed by atoms with Gasteiger partial charge < -0.3 is 19.9 Å². The van der Waals surface area contributed by atoms with Crippen LogP contribution in [-0.4, -0.2) is 84.0 Å². The Morgan fingerprint density at radius 1 is 1.06 bits per heavy atom. The first kappa shape index (κ1) is 23.5. The van der Waals surface area contributed by atoms with Crippen LogP contribution in [0.1, 0.15) is 44.1 Å². The second-order valence-electron chi connectivity index (χ2n) is 9.09. The van der Waals surface area contributed by atoms with E-state index in [-0.39, 0.29) is 30.7 Å². The molecule has 1 fully saturated rings. The predicted molar refractivity (Wildman–Crippen MR) is 120 cm³/mol. The van der Waals surface area contributed by atoms with Crippen LogP contribution >= 0.6 is 11.3 Å². The number of nitrogens with zero attached hydrogens (tertiary/aromatic N) is 3. The Hall–Kier alpha value is -2.13. The van der Waals surface area contributed by atoms with E-state index in [1.807, 2.05) is 25.7 Å². The normalized spacial score (nSPS) is 17.3. The van der Waals surface area contributed by atoms with Crippen molar-refractivity contribution in [1.29, 1.82) is 0 Å². The van der Waals surface area contributed by atoms with Crippen molar-refractivity contribution in [2.45, 2.75) is 52.2 Å². The summed E-state index contributed by atoms with van der Waals surface area (Å²) < 4.78 is 5.41. The molecule has 3 heterocycles. The Bertz CT molecular complexity index is 781. The average molecular weight is 451 g/mol. The van der Waals surface area contributed by atoms with Crippen molar-refractivity contribution < 1.29 is 19.1 Å². The Labute approximate surface area is 188 Å². The predicted octanol–water partition coefficient (Wildman–Crippen LogP) is 2.08. The third-order valence-corrected chi connectivity index (χ3v) is 6.52. The highest BCUT2D eigenvalue weighted by molar-refractivity contribution is 7.10. The molecule has 8 nitrogen and oxygen atoms in total. The molecule has 2 aliphatic heterocycles. The van der Waals surface area contributed by atoms with E-state index in [1.54, 1.807) is 16.2 Å². The van der Waals surface area contributed by atoms with Crippen molar-refractivity contribution in [3.05, 3.63) is 21.9 Å². The third kappa shape index (κ3) is 7.21. The largest absolute Gasteiger partial charge is 0.444 e. The van der Waals surface area contributed by atoms with Gasteiger partial charge in [-0.1, -0.05) is 0 Å². The van der Waals surface area contributed by atoms with Crippen molar-refractivity contribution in [3.63, 3.8) is 0 Å². The highest BCUT2D eigenvalue weighted by Crippen LogP contribution is 2.24. The molecule has 172 valence electrons. The van der Waals surface area contributed by atoms with Crippen LogP contribution < -0.4 is 5.32 Å². The minimum atomic E-state index is -0.485. The lowest BCUT2D eigenvalue weighted by atomic mass is 10.1. The summed E-state index contributed by atoms with van der Waals surface area (Å²) in [6, 6.07) is 2.08. The molecule has 0 bridgehead atoms. The highest BCUT2D eigenvalue weighted by atomic mass is 32.1. The smallest absolute Gasteiger partial charge is 0.410 e. The monoisotopic (exact) mass is 450 g/mol. The van der Waals surface area contributed by atoms with Crippen LogP contribution in [0, 0.1) is 0 Å². The second kappa shape index (κ2) is 10.5. The molecule has 0 unspecified atom stereocenters. The zero-order chi connectivity index (χ0) is 22.4. The molecule has 0 saturated carbocycles. The van der Waals surface area contributed by atoms with Crippen LogP contribution in [0.4, 0.5) is 4.79 Å². The molecule has 3 rings (SSSR count). The Morgan fingerprint density at radius 2 is 1.81 bits per heavy atom. The zero-order valence-corrected chi connectivity index (χ0v) is 19.6. The van der Waals surface area contributed by atoms with Gasteiger partial charge in [-0.3, -0.25) is 14.5 Å². The number of rotatable bonds is 6. The number of nitrogens with one attached hydrogen (secondary N) is 1. The van der Waals surface area contributed by atoms with E-state index in [0.717, 1.165) is 32.6 Å². The van der Waals surface area contributed by atoms with Crippen molar-refractivity contribution in [1.82, 2.24) is 20.0 Å². The van der Waals surface area contributed by atoms with Crippen LogP contribution in [0.25, 0.3) is 0 Å². The van der Waals surface area contributed by atoms with Gasteiger partial charge >= 0.3 is 6.09 Å². The molecule has 0 aliphatic carbocycles. The van der Waals surface area contributed by atoms with Crippen molar-refractivity contribution >= 4 is 29.2 Å². The first-order valence-electron chi connectivity index (χ1n) is 11.0. The fourth-order valence-corrected chi connectivity index (χ4v) is 4.65. The molecule has 0 aromatic carbocycles. The van der Waals surface area contributed by atoms with Crippen molar-refractivity contribution in [3.8, 4) is 0 Å². The fourth-order valence-electron chi connectivity index (χ4n) is 3.76. The number of hydrogen-bond donors (Lipinski definition) is 1. The Kier molecular flexibility index (Phi) is 7.94. The zero-order valence-electron chi connectivity index (χ0n) is 18.8. The third-order valence-electron chi connectivity index (χ3n) is 5.50. The molecule has 0 atom stereocenters. The van der Waals surface area contributed by atoms with Crippen molar-refractivity contribution in [2.75, 3.05) is 45.8 Å². The van der Waals surface area contributed by atoms with Crippen LogP contribution in [0.3, 0.4) is 0 Å². The summed E-state index contributed by atoms with van der Waals surface area (Å²) in [6.07, 6.45) is 1.11. The summed E-state index contributed by atoms with van der Waals surface area (Å²) in [5, 5.41) is 4.98. The number of piperazine rings is 1.